The third kappa shape index (κ3) is 6.57. The van der Waals surface area contributed by atoms with Gasteiger partial charge in [0.2, 0.25) is 0 Å². The third-order valence-corrected chi connectivity index (χ3v) is 7.50. The predicted octanol–water partition coefficient (Wildman–Crippen LogP) is 0.984. The molecule has 1 unspecified atom stereocenters. The van der Waals surface area contributed by atoms with Crippen LogP contribution in [0.1, 0.15) is 33.9 Å². The van der Waals surface area contributed by atoms with Crippen LogP contribution in [0.5, 0.6) is 5.75 Å². The van der Waals surface area contributed by atoms with Crippen molar-refractivity contribution >= 4 is 13.7 Å². The number of rotatable bonds is 11. The second-order valence-electron chi connectivity index (χ2n) is 9.21. The van der Waals surface area contributed by atoms with Gasteiger partial charge in [0.25, 0.3) is 5.56 Å². The maximum absolute atomic E-state index is 14.2. The maximum atomic E-state index is 14.2. The van der Waals surface area contributed by atoms with E-state index in [0.29, 0.717) is 0 Å². The van der Waals surface area contributed by atoms with E-state index < -0.39 is 73.9 Å². The lowest BCUT2D eigenvalue weighted by Gasteiger charge is -2.31. The van der Waals surface area contributed by atoms with Crippen molar-refractivity contribution in [1.82, 2.24) is 14.6 Å². The van der Waals surface area contributed by atoms with Crippen LogP contribution in [0.25, 0.3) is 0 Å². The van der Waals surface area contributed by atoms with Crippen LogP contribution in [0.3, 0.4) is 0 Å². The maximum Gasteiger partial charge on any atom is 0.459 e. The molecule has 0 spiro atoms. The fourth-order valence-electron chi connectivity index (χ4n) is 3.85. The minimum absolute atomic E-state index is 0.141. The molecule has 15 heteroatoms. The lowest BCUT2D eigenvalue weighted by molar-refractivity contribution is -0.149. The number of nitrogens with two attached hydrogens (primary N) is 1. The molecule has 38 heavy (non-hydrogen) atoms. The summed E-state index contributed by atoms with van der Waals surface area (Å²) in [6.45, 7) is 4.74. The van der Waals surface area contributed by atoms with Gasteiger partial charge in [-0.05, 0) is 39.8 Å². The minimum atomic E-state index is -4.38. The highest BCUT2D eigenvalue weighted by molar-refractivity contribution is 7.52. The molecule has 3 rings (SSSR count). The number of esters is 1. The Morgan fingerprint density at radius 2 is 1.92 bits per heavy atom. The number of aromatic nitrogens is 2. The largest absolute Gasteiger partial charge is 0.462 e. The highest BCUT2D eigenvalue weighted by Gasteiger charge is 2.57. The number of halogens is 1. The van der Waals surface area contributed by atoms with E-state index in [-0.39, 0.29) is 5.75 Å². The molecule has 1 aromatic heterocycles. The molecule has 210 valence electrons. The van der Waals surface area contributed by atoms with Gasteiger partial charge in [0.05, 0.1) is 12.2 Å². The molecule has 7 atom stereocenters. The average Bonchev–Trinajstić information content (AvgIpc) is 3.10. The van der Waals surface area contributed by atoms with E-state index in [2.05, 4.69) is 5.09 Å². The number of nitrogens with one attached hydrogen (secondary N) is 2. The van der Waals surface area contributed by atoms with Gasteiger partial charge in [-0.3, -0.25) is 23.7 Å². The van der Waals surface area contributed by atoms with Crippen LogP contribution in [-0.2, 0) is 23.4 Å². The van der Waals surface area contributed by atoms with Crippen molar-refractivity contribution in [3.63, 3.8) is 0 Å². The van der Waals surface area contributed by atoms with Gasteiger partial charge in [-0.25, -0.2) is 13.8 Å². The Labute approximate surface area is 217 Å². The highest BCUT2D eigenvalue weighted by Crippen LogP contribution is 2.48. The lowest BCUT2D eigenvalue weighted by atomic mass is 9.91. The van der Waals surface area contributed by atoms with Gasteiger partial charge in [0.15, 0.2) is 6.23 Å². The van der Waals surface area contributed by atoms with Crippen LogP contribution < -0.4 is 26.6 Å². The molecule has 0 amide bonds. The van der Waals surface area contributed by atoms with Crippen molar-refractivity contribution in [2.75, 3.05) is 6.67 Å². The number of aliphatic hydroxyl groups excluding tert-OH is 1. The molecule has 1 aromatic carbocycles. The Morgan fingerprint density at radius 3 is 2.50 bits per heavy atom. The molecule has 0 bridgehead atoms. The van der Waals surface area contributed by atoms with Crippen molar-refractivity contribution in [2.45, 2.75) is 69.9 Å². The average molecular weight is 559 g/mol. The second-order valence-corrected chi connectivity index (χ2v) is 10.9. The van der Waals surface area contributed by atoms with E-state index in [4.69, 9.17) is 24.3 Å². The second kappa shape index (κ2) is 11.9. The summed E-state index contributed by atoms with van der Waals surface area (Å²) in [6, 6.07) is 7.84. The van der Waals surface area contributed by atoms with Crippen LogP contribution in [0.4, 0.5) is 4.39 Å². The zero-order valence-electron chi connectivity index (χ0n) is 21.3. The predicted molar refractivity (Wildman–Crippen MR) is 133 cm³/mol. The summed E-state index contributed by atoms with van der Waals surface area (Å²) in [5, 5.41) is 13.4. The fraction of sp³-hybridized carbons (Fsp3) is 0.522. The van der Waals surface area contributed by atoms with E-state index in [0.717, 1.165) is 16.8 Å². The lowest BCUT2D eigenvalue weighted by Crippen LogP contribution is -2.58. The monoisotopic (exact) mass is 558 g/mol. The first-order valence-corrected chi connectivity index (χ1v) is 13.3. The quantitative estimate of drug-likeness (QED) is 0.228. The topological polar surface area (TPSA) is 184 Å². The van der Waals surface area contributed by atoms with E-state index in [9.17, 15) is 28.4 Å². The van der Waals surface area contributed by atoms with Crippen molar-refractivity contribution in [3.05, 3.63) is 63.4 Å². The van der Waals surface area contributed by atoms with Crippen LogP contribution in [-0.4, -0.2) is 63.3 Å². The summed E-state index contributed by atoms with van der Waals surface area (Å²) in [6.07, 6.45) is -5.37. The number of alkyl halides is 1. The van der Waals surface area contributed by atoms with Gasteiger partial charge in [-0.2, -0.15) is 5.09 Å². The smallest absolute Gasteiger partial charge is 0.459 e. The third-order valence-electron chi connectivity index (χ3n) is 5.74. The van der Waals surface area contributed by atoms with E-state index >= 15 is 0 Å². The summed E-state index contributed by atoms with van der Waals surface area (Å²) in [7, 11) is -4.38. The number of para-hydroxylation sites is 1. The molecule has 0 radical (unpaired) electrons. The fourth-order valence-corrected chi connectivity index (χ4v) is 5.55. The normalized spacial score (nSPS) is 26.5. The SMILES string of the molecule is CC(C)OC(=O)[C@H](C)N[P@@](=O)(Oc1ccccc1)O[C@@H](C)[C@H]1O[C@@H](n2ccc(=O)[nH]c2=O)[C@@](N)(CF)C1O. The van der Waals surface area contributed by atoms with Crippen LogP contribution in [0, 0.1) is 0 Å². The molecule has 1 fully saturated rings. The molecular weight excluding hydrogens is 526 g/mol. The number of aliphatic hydroxyl groups is 1. The minimum Gasteiger partial charge on any atom is -0.462 e. The molecule has 1 aliphatic heterocycles. The van der Waals surface area contributed by atoms with Crippen molar-refractivity contribution in [2.24, 2.45) is 5.73 Å². The summed E-state index contributed by atoms with van der Waals surface area (Å²) in [4.78, 5) is 38.2. The Bertz CT molecular complexity index is 1270. The summed E-state index contributed by atoms with van der Waals surface area (Å²) < 4.78 is 51.0. The molecule has 1 aliphatic rings. The highest BCUT2D eigenvalue weighted by atomic mass is 31.2. The Morgan fingerprint density at radius 1 is 1.26 bits per heavy atom. The zero-order valence-corrected chi connectivity index (χ0v) is 22.2. The van der Waals surface area contributed by atoms with Crippen molar-refractivity contribution < 1.29 is 37.4 Å². The number of aromatic amines is 1. The van der Waals surface area contributed by atoms with E-state index in [1.807, 2.05) is 4.98 Å². The molecule has 13 nitrogen and oxygen atoms in total. The Kier molecular flexibility index (Phi) is 9.29. The molecule has 5 N–H and O–H groups in total. The first-order valence-electron chi connectivity index (χ1n) is 11.8. The molecule has 0 aliphatic carbocycles. The number of benzene rings is 1. The molecule has 2 heterocycles. The summed E-state index contributed by atoms with van der Waals surface area (Å²) in [5.74, 6) is -0.580. The van der Waals surface area contributed by atoms with Gasteiger partial charge >= 0.3 is 19.4 Å². The Hall–Kier alpha value is -2.87. The summed E-state index contributed by atoms with van der Waals surface area (Å²) in [5.41, 5.74) is 2.37. The number of hydrogen-bond acceptors (Lipinski definition) is 10. The van der Waals surface area contributed by atoms with Gasteiger partial charge in [-0.1, -0.05) is 18.2 Å². The molecule has 2 aromatic rings. The molecule has 0 saturated carbocycles. The molecule has 1 saturated heterocycles. The molecular formula is C23H32FN4O9P. The van der Waals surface area contributed by atoms with Gasteiger partial charge in [0, 0.05) is 12.3 Å². The van der Waals surface area contributed by atoms with Gasteiger partial charge in [0.1, 0.15) is 36.2 Å². The van der Waals surface area contributed by atoms with E-state index in [1.54, 1.807) is 32.0 Å². The van der Waals surface area contributed by atoms with E-state index in [1.165, 1.54) is 26.0 Å². The van der Waals surface area contributed by atoms with Gasteiger partial charge < -0.3 is 24.8 Å². The van der Waals surface area contributed by atoms with Crippen molar-refractivity contribution in [1.29, 1.82) is 0 Å². The Balaban J connectivity index is 1.89. The van der Waals surface area contributed by atoms with Crippen molar-refractivity contribution in [3.8, 4) is 5.75 Å². The standard InChI is InChI=1S/C23H32FN4O9P/c1-13(2)34-20(31)14(3)27-38(33,37-16-8-6-5-7-9-16)36-15(4)18-19(30)23(25,12-24)21(35-18)28-11-10-17(29)26-22(28)32/h5-11,13-15,18-19,21,30H,12,25H2,1-4H3,(H,27,33)(H,26,29,32)/t14-,15-,18+,19?,21+,23+,38-/m0/s1. The number of ether oxygens (including phenoxy) is 2. The number of hydrogen-bond donors (Lipinski definition) is 4. The number of H-pyrrole nitrogens is 1. The van der Waals surface area contributed by atoms with Gasteiger partial charge in [-0.15, -0.1) is 0 Å². The zero-order chi connectivity index (χ0) is 28.3. The number of nitrogens with zero attached hydrogens (tertiary/aromatic N) is 1. The first kappa shape index (κ1) is 29.7. The number of carbonyl (C=O) groups excluding carboxylic acids is 1. The van der Waals surface area contributed by atoms with Crippen LogP contribution in [0.15, 0.2) is 52.2 Å². The summed E-state index contributed by atoms with van der Waals surface area (Å²) >= 11 is 0. The van der Waals surface area contributed by atoms with Crippen LogP contribution in [0.2, 0.25) is 0 Å². The number of carbonyl (C=O) groups is 1. The van der Waals surface area contributed by atoms with Crippen LogP contribution >= 0.6 is 7.75 Å². The first-order chi connectivity index (χ1) is 17.8.